The number of hydrogen-bond donors (Lipinski definition) is 2. The van der Waals surface area contributed by atoms with Crippen LogP contribution in [0.4, 0.5) is 11.4 Å². The maximum absolute atomic E-state index is 5.94. The van der Waals surface area contributed by atoms with Gasteiger partial charge in [0.1, 0.15) is 0 Å². The molecule has 0 heterocycles. The Kier molecular flexibility index (Phi) is 6.80. The van der Waals surface area contributed by atoms with E-state index in [1.165, 1.54) is 5.56 Å². The number of anilines is 2. The van der Waals surface area contributed by atoms with Crippen LogP contribution in [0.1, 0.15) is 5.56 Å². The summed E-state index contributed by atoms with van der Waals surface area (Å²) in [7, 11) is 0. The highest BCUT2D eigenvalue weighted by molar-refractivity contribution is 7.98. The summed E-state index contributed by atoms with van der Waals surface area (Å²) in [5.41, 5.74) is 3.08. The minimum absolute atomic E-state index is 0.534. The van der Waals surface area contributed by atoms with Gasteiger partial charge in [0.05, 0.1) is 5.69 Å². The highest BCUT2D eigenvalue weighted by Gasteiger charge is 2.06. The molecule has 0 spiro atoms. The molecule has 0 aliphatic rings. The van der Waals surface area contributed by atoms with Gasteiger partial charge in [-0.1, -0.05) is 47.5 Å². The fourth-order valence-electron chi connectivity index (χ4n) is 2.26. The zero-order chi connectivity index (χ0) is 18.4. The van der Waals surface area contributed by atoms with Crippen molar-refractivity contribution in [2.75, 3.05) is 10.6 Å². The molecule has 2 N–H and O–H groups in total. The second-order valence-electron chi connectivity index (χ2n) is 5.50. The van der Waals surface area contributed by atoms with Crippen molar-refractivity contribution in [2.45, 2.75) is 10.6 Å². The normalized spacial score (nSPS) is 10.4. The maximum Gasteiger partial charge on any atom is 0.175 e. The SMILES string of the molecule is S=C(Nc1ccc(Cl)cc1)Nc1ccccc1SCc1ccc(Cl)cc1. The number of halogens is 2. The monoisotopic (exact) mass is 418 g/mol. The van der Waals surface area contributed by atoms with Crippen LogP contribution < -0.4 is 10.6 Å². The molecule has 0 atom stereocenters. The van der Waals surface area contributed by atoms with E-state index in [0.717, 1.165) is 27.0 Å². The molecule has 0 amide bonds. The number of thioether (sulfide) groups is 1. The smallest absolute Gasteiger partial charge is 0.175 e. The van der Waals surface area contributed by atoms with Crippen LogP contribution in [0.3, 0.4) is 0 Å². The van der Waals surface area contributed by atoms with Gasteiger partial charge in [-0.3, -0.25) is 0 Å². The second-order valence-corrected chi connectivity index (χ2v) is 7.80. The van der Waals surface area contributed by atoms with Crippen LogP contribution in [0.5, 0.6) is 0 Å². The number of benzene rings is 3. The molecular formula is C20H16Cl2N2S2. The van der Waals surface area contributed by atoms with E-state index < -0.39 is 0 Å². The molecule has 6 heteroatoms. The molecule has 2 nitrogen and oxygen atoms in total. The predicted molar refractivity (Wildman–Crippen MR) is 119 cm³/mol. The van der Waals surface area contributed by atoms with Crippen LogP contribution in [0.25, 0.3) is 0 Å². The average Bonchev–Trinajstić information content (AvgIpc) is 2.64. The number of hydrogen-bond acceptors (Lipinski definition) is 2. The van der Waals surface area contributed by atoms with Gasteiger partial charge in [-0.25, -0.2) is 0 Å². The lowest BCUT2D eigenvalue weighted by Crippen LogP contribution is -2.19. The predicted octanol–water partition coefficient (Wildman–Crippen LogP) is 7.09. The molecule has 0 aliphatic carbocycles. The molecule has 0 aliphatic heterocycles. The van der Waals surface area contributed by atoms with Crippen LogP contribution in [0.2, 0.25) is 10.0 Å². The Labute approximate surface area is 172 Å². The first kappa shape index (κ1) is 19.1. The number of thiocarbonyl (C=S) groups is 1. The van der Waals surface area contributed by atoms with Gasteiger partial charge in [-0.15, -0.1) is 11.8 Å². The average molecular weight is 419 g/mol. The van der Waals surface area contributed by atoms with Crippen molar-refractivity contribution in [3.05, 3.63) is 88.4 Å². The lowest BCUT2D eigenvalue weighted by atomic mass is 10.2. The summed E-state index contributed by atoms with van der Waals surface area (Å²) in [5.74, 6) is 0.854. The van der Waals surface area contributed by atoms with Gasteiger partial charge < -0.3 is 10.6 Å². The second kappa shape index (κ2) is 9.28. The molecule has 0 bridgehead atoms. The lowest BCUT2D eigenvalue weighted by molar-refractivity contribution is 1.38. The van der Waals surface area contributed by atoms with Crippen LogP contribution in [0.15, 0.2) is 77.7 Å². The van der Waals surface area contributed by atoms with Crippen LogP contribution in [-0.4, -0.2) is 5.11 Å². The van der Waals surface area contributed by atoms with E-state index >= 15 is 0 Å². The van der Waals surface area contributed by atoms with Crippen molar-refractivity contribution < 1.29 is 0 Å². The van der Waals surface area contributed by atoms with Gasteiger partial charge in [0.2, 0.25) is 0 Å². The van der Waals surface area contributed by atoms with Crippen molar-refractivity contribution in [1.82, 2.24) is 0 Å². The molecule has 0 radical (unpaired) electrons. The van der Waals surface area contributed by atoms with Crippen molar-refractivity contribution in [3.63, 3.8) is 0 Å². The summed E-state index contributed by atoms with van der Waals surface area (Å²) in [6.07, 6.45) is 0. The van der Waals surface area contributed by atoms with Crippen molar-refractivity contribution >= 4 is 63.7 Å². The zero-order valence-electron chi connectivity index (χ0n) is 13.7. The summed E-state index contributed by atoms with van der Waals surface area (Å²) in [4.78, 5) is 1.13. The van der Waals surface area contributed by atoms with Crippen molar-refractivity contribution in [2.24, 2.45) is 0 Å². The molecule has 3 aromatic carbocycles. The molecule has 0 aromatic heterocycles. The van der Waals surface area contributed by atoms with E-state index in [0.29, 0.717) is 10.1 Å². The van der Waals surface area contributed by atoms with Crippen LogP contribution in [0, 0.1) is 0 Å². The molecule has 132 valence electrons. The van der Waals surface area contributed by atoms with Gasteiger partial charge in [0, 0.05) is 26.4 Å². The molecule has 0 saturated heterocycles. The first-order valence-corrected chi connectivity index (χ1v) is 10.0. The quantitative estimate of drug-likeness (QED) is 0.340. The van der Waals surface area contributed by atoms with Gasteiger partial charge in [0.15, 0.2) is 5.11 Å². The Morgan fingerprint density at radius 2 is 1.42 bits per heavy atom. The highest BCUT2D eigenvalue weighted by atomic mass is 35.5. The third-order valence-corrected chi connectivity index (χ3v) is 5.40. The lowest BCUT2D eigenvalue weighted by Gasteiger charge is -2.14. The van der Waals surface area contributed by atoms with E-state index in [9.17, 15) is 0 Å². The van der Waals surface area contributed by atoms with Crippen LogP contribution in [-0.2, 0) is 5.75 Å². The van der Waals surface area contributed by atoms with Gasteiger partial charge in [-0.2, -0.15) is 0 Å². The number of para-hydroxylation sites is 1. The Balaban J connectivity index is 1.63. The van der Waals surface area contributed by atoms with Gasteiger partial charge in [0.25, 0.3) is 0 Å². The fourth-order valence-corrected chi connectivity index (χ4v) is 3.70. The zero-order valence-corrected chi connectivity index (χ0v) is 16.9. The Morgan fingerprint density at radius 3 is 2.12 bits per heavy atom. The summed E-state index contributed by atoms with van der Waals surface area (Å²) < 4.78 is 0. The minimum Gasteiger partial charge on any atom is -0.332 e. The number of nitrogens with one attached hydrogen (secondary N) is 2. The van der Waals surface area contributed by atoms with E-state index in [1.54, 1.807) is 11.8 Å². The van der Waals surface area contributed by atoms with E-state index in [2.05, 4.69) is 16.7 Å². The number of rotatable bonds is 5. The Hall–Kier alpha value is -1.72. The van der Waals surface area contributed by atoms with E-state index in [1.807, 2.05) is 66.7 Å². The minimum atomic E-state index is 0.534. The first-order valence-electron chi connectivity index (χ1n) is 7.90. The van der Waals surface area contributed by atoms with Gasteiger partial charge >= 0.3 is 0 Å². The molecule has 0 saturated carbocycles. The fraction of sp³-hybridized carbons (Fsp3) is 0.0500. The summed E-state index contributed by atoms with van der Waals surface area (Å²) in [5, 5.41) is 8.40. The third kappa shape index (κ3) is 5.64. The molecular weight excluding hydrogens is 403 g/mol. The van der Waals surface area contributed by atoms with E-state index in [4.69, 9.17) is 35.4 Å². The molecule has 0 unspecified atom stereocenters. The standard InChI is InChI=1S/C20H16Cl2N2S2/c21-15-7-5-14(6-8-15)13-26-19-4-2-1-3-18(19)24-20(25)23-17-11-9-16(22)10-12-17/h1-12H,13H2,(H2,23,24,25). The van der Waals surface area contributed by atoms with Crippen LogP contribution >= 0.6 is 47.2 Å². The molecule has 3 aromatic rings. The van der Waals surface area contributed by atoms with Crippen molar-refractivity contribution in [1.29, 1.82) is 0 Å². The summed E-state index contributed by atoms with van der Waals surface area (Å²) in [6, 6.07) is 23.4. The van der Waals surface area contributed by atoms with Gasteiger partial charge in [-0.05, 0) is 66.3 Å². The Morgan fingerprint density at radius 1 is 0.808 bits per heavy atom. The Bertz CT molecular complexity index is 881. The largest absolute Gasteiger partial charge is 0.332 e. The van der Waals surface area contributed by atoms with Crippen molar-refractivity contribution in [3.8, 4) is 0 Å². The molecule has 26 heavy (non-hydrogen) atoms. The summed E-state index contributed by atoms with van der Waals surface area (Å²) >= 11 is 19.0. The highest BCUT2D eigenvalue weighted by Crippen LogP contribution is 2.30. The maximum atomic E-state index is 5.94. The topological polar surface area (TPSA) is 24.1 Å². The third-order valence-electron chi connectivity index (χ3n) is 3.54. The van der Waals surface area contributed by atoms with E-state index in [-0.39, 0.29) is 0 Å². The first-order chi connectivity index (χ1) is 12.6. The molecule has 0 fully saturated rings. The molecule has 3 rings (SSSR count). The summed E-state index contributed by atoms with van der Waals surface area (Å²) in [6.45, 7) is 0.